The second-order valence-electron chi connectivity index (χ2n) is 6.94. The Kier molecular flexibility index (Phi) is 2.33. The van der Waals surface area contributed by atoms with E-state index in [2.05, 4.69) is 13.8 Å². The number of aliphatic hydroxyl groups is 2. The topological polar surface area (TPSA) is 79.3 Å². The first kappa shape index (κ1) is 12.8. The molecule has 2 saturated carbocycles. The highest BCUT2D eigenvalue weighted by Gasteiger charge is 2.75. The SMILES string of the molecule is C[C@H]1[C@H](O)C[C@@H]2O[C@@]23C[C@H]2OC(=O)C(CO)=C2C[C@]13C. The van der Waals surface area contributed by atoms with Crippen molar-refractivity contribution >= 4 is 5.97 Å². The summed E-state index contributed by atoms with van der Waals surface area (Å²) < 4.78 is 11.4. The van der Waals surface area contributed by atoms with Gasteiger partial charge in [0.05, 0.1) is 24.4 Å². The van der Waals surface area contributed by atoms with Crippen molar-refractivity contribution in [2.45, 2.75) is 57.0 Å². The summed E-state index contributed by atoms with van der Waals surface area (Å²) in [5, 5.41) is 19.7. The molecule has 0 aromatic carbocycles. The van der Waals surface area contributed by atoms with Crippen LogP contribution >= 0.6 is 0 Å². The van der Waals surface area contributed by atoms with Gasteiger partial charge in [0.15, 0.2) is 0 Å². The summed E-state index contributed by atoms with van der Waals surface area (Å²) in [6, 6.07) is 0. The molecule has 20 heavy (non-hydrogen) atoms. The maximum Gasteiger partial charge on any atom is 0.337 e. The van der Waals surface area contributed by atoms with E-state index in [1.807, 2.05) is 0 Å². The number of esters is 1. The van der Waals surface area contributed by atoms with Gasteiger partial charge in [0.1, 0.15) is 11.7 Å². The van der Waals surface area contributed by atoms with E-state index in [4.69, 9.17) is 9.47 Å². The van der Waals surface area contributed by atoms with Crippen LogP contribution in [-0.2, 0) is 14.3 Å². The van der Waals surface area contributed by atoms with Crippen molar-refractivity contribution < 1.29 is 24.5 Å². The zero-order chi connectivity index (χ0) is 14.3. The maximum absolute atomic E-state index is 11.8. The molecule has 0 aromatic rings. The lowest BCUT2D eigenvalue weighted by Gasteiger charge is -2.50. The summed E-state index contributed by atoms with van der Waals surface area (Å²) in [6.45, 7) is 3.93. The predicted molar refractivity (Wildman–Crippen MR) is 68.7 cm³/mol. The zero-order valence-electron chi connectivity index (χ0n) is 11.8. The van der Waals surface area contributed by atoms with E-state index < -0.39 is 5.97 Å². The van der Waals surface area contributed by atoms with Gasteiger partial charge >= 0.3 is 5.97 Å². The third kappa shape index (κ3) is 1.27. The van der Waals surface area contributed by atoms with Crippen molar-refractivity contribution in [3.05, 3.63) is 11.1 Å². The van der Waals surface area contributed by atoms with Crippen LogP contribution in [0.15, 0.2) is 11.1 Å². The first-order valence-electron chi connectivity index (χ1n) is 7.32. The van der Waals surface area contributed by atoms with Crippen LogP contribution in [0.3, 0.4) is 0 Å². The van der Waals surface area contributed by atoms with E-state index in [-0.39, 0.29) is 41.9 Å². The van der Waals surface area contributed by atoms with Gasteiger partial charge in [-0.15, -0.1) is 0 Å². The van der Waals surface area contributed by atoms with Gasteiger partial charge in [0, 0.05) is 18.3 Å². The van der Waals surface area contributed by atoms with E-state index in [1.165, 1.54) is 0 Å². The first-order chi connectivity index (χ1) is 9.43. The number of hydrogen-bond donors (Lipinski definition) is 2. The number of hydrogen-bond acceptors (Lipinski definition) is 5. The molecule has 5 heteroatoms. The number of carbonyl (C=O) groups is 1. The summed E-state index contributed by atoms with van der Waals surface area (Å²) in [5.74, 6) is -0.290. The lowest BCUT2D eigenvalue weighted by Crippen LogP contribution is -2.55. The summed E-state index contributed by atoms with van der Waals surface area (Å²) in [5.41, 5.74) is 0.872. The van der Waals surface area contributed by atoms with Crippen molar-refractivity contribution in [1.29, 1.82) is 0 Å². The van der Waals surface area contributed by atoms with E-state index in [0.29, 0.717) is 24.8 Å². The molecule has 4 aliphatic rings. The molecule has 0 aromatic heterocycles. The molecule has 4 rings (SSSR count). The summed E-state index contributed by atoms with van der Waals surface area (Å²) in [4.78, 5) is 11.8. The number of epoxide rings is 1. The van der Waals surface area contributed by atoms with Crippen molar-refractivity contribution in [2.75, 3.05) is 6.61 Å². The molecule has 0 bridgehead atoms. The third-order valence-corrected chi connectivity index (χ3v) is 6.30. The van der Waals surface area contributed by atoms with Gasteiger partial charge in [0.2, 0.25) is 0 Å². The van der Waals surface area contributed by atoms with Gasteiger partial charge in [-0.1, -0.05) is 13.8 Å². The Morgan fingerprint density at radius 2 is 2.20 bits per heavy atom. The molecule has 0 radical (unpaired) electrons. The largest absolute Gasteiger partial charge is 0.454 e. The lowest BCUT2D eigenvalue weighted by atomic mass is 9.53. The second kappa shape index (κ2) is 3.64. The van der Waals surface area contributed by atoms with E-state index in [0.717, 1.165) is 5.57 Å². The number of carbonyl (C=O) groups excluding carboxylic acids is 1. The van der Waals surface area contributed by atoms with Crippen LogP contribution in [-0.4, -0.2) is 46.7 Å². The quantitative estimate of drug-likeness (QED) is 0.541. The van der Waals surface area contributed by atoms with Crippen LogP contribution < -0.4 is 0 Å². The first-order valence-corrected chi connectivity index (χ1v) is 7.32. The third-order valence-electron chi connectivity index (χ3n) is 6.30. The Morgan fingerprint density at radius 1 is 1.45 bits per heavy atom. The molecule has 3 fully saturated rings. The smallest absolute Gasteiger partial charge is 0.337 e. The Balaban J connectivity index is 1.78. The maximum atomic E-state index is 11.8. The number of fused-ring (bicyclic) bond motifs is 1. The van der Waals surface area contributed by atoms with Gasteiger partial charge in [-0.3, -0.25) is 0 Å². The minimum absolute atomic E-state index is 0.0807. The molecule has 2 heterocycles. The molecule has 110 valence electrons. The second-order valence-corrected chi connectivity index (χ2v) is 6.94. The summed E-state index contributed by atoms with van der Waals surface area (Å²) in [7, 11) is 0. The van der Waals surface area contributed by atoms with Gasteiger partial charge in [0.25, 0.3) is 0 Å². The monoisotopic (exact) mass is 280 g/mol. The van der Waals surface area contributed by atoms with E-state index in [9.17, 15) is 15.0 Å². The van der Waals surface area contributed by atoms with Crippen LogP contribution in [0.5, 0.6) is 0 Å². The van der Waals surface area contributed by atoms with Gasteiger partial charge in [-0.05, 0) is 17.9 Å². The fourth-order valence-electron chi connectivity index (χ4n) is 4.74. The lowest BCUT2D eigenvalue weighted by molar-refractivity contribution is -0.143. The van der Waals surface area contributed by atoms with Crippen LogP contribution in [0.4, 0.5) is 0 Å². The molecule has 6 atom stereocenters. The highest BCUT2D eigenvalue weighted by molar-refractivity contribution is 5.92. The molecule has 2 aliphatic carbocycles. The summed E-state index contributed by atoms with van der Waals surface area (Å²) in [6.07, 6.45) is 1.46. The molecule has 5 nitrogen and oxygen atoms in total. The van der Waals surface area contributed by atoms with Gasteiger partial charge in [-0.2, -0.15) is 0 Å². The Labute approximate surface area is 117 Å². The molecule has 2 N–H and O–H groups in total. The average Bonchev–Trinajstić information content (AvgIpc) is 2.99. The molecule has 0 amide bonds. The Hall–Kier alpha value is -0.910. The standard InChI is InChI=1S/C15H20O5/c1-7-10(17)3-12-15(20-12)5-11-8(4-14(7,15)2)9(6-16)13(18)19-11/h7,10-12,16-17H,3-6H2,1-2H3/t7-,10+,11+,12-,14+,15-/m0/s1. The van der Waals surface area contributed by atoms with Crippen molar-refractivity contribution in [1.82, 2.24) is 0 Å². The van der Waals surface area contributed by atoms with E-state index in [1.54, 1.807) is 0 Å². The summed E-state index contributed by atoms with van der Waals surface area (Å²) >= 11 is 0. The Bertz CT molecular complexity index is 526. The number of aliphatic hydroxyl groups excluding tert-OH is 2. The zero-order valence-corrected chi connectivity index (χ0v) is 11.8. The molecule has 1 spiro atoms. The molecular formula is C15H20O5. The van der Waals surface area contributed by atoms with Crippen molar-refractivity contribution in [2.24, 2.45) is 11.3 Å². The van der Waals surface area contributed by atoms with Crippen molar-refractivity contribution in [3.8, 4) is 0 Å². The van der Waals surface area contributed by atoms with E-state index >= 15 is 0 Å². The molecule has 2 aliphatic heterocycles. The van der Waals surface area contributed by atoms with Gasteiger partial charge in [-0.25, -0.2) is 4.79 Å². The fraction of sp³-hybridized carbons (Fsp3) is 0.800. The molecule has 0 unspecified atom stereocenters. The minimum atomic E-state index is -0.392. The number of rotatable bonds is 1. The van der Waals surface area contributed by atoms with Crippen molar-refractivity contribution in [3.63, 3.8) is 0 Å². The molecular weight excluding hydrogens is 260 g/mol. The van der Waals surface area contributed by atoms with Gasteiger partial charge < -0.3 is 19.7 Å². The minimum Gasteiger partial charge on any atom is -0.454 e. The highest BCUT2D eigenvalue weighted by Crippen LogP contribution is 2.68. The average molecular weight is 280 g/mol. The van der Waals surface area contributed by atoms with Crippen LogP contribution in [0.2, 0.25) is 0 Å². The Morgan fingerprint density at radius 3 is 2.90 bits per heavy atom. The predicted octanol–water partition coefficient (Wildman–Crippen LogP) is 0.539. The molecule has 1 saturated heterocycles. The highest BCUT2D eigenvalue weighted by atomic mass is 16.6. The van der Waals surface area contributed by atoms with Crippen LogP contribution in [0.1, 0.15) is 33.1 Å². The fourth-order valence-corrected chi connectivity index (χ4v) is 4.74. The number of ether oxygens (including phenoxy) is 2. The normalized spacial score (nSPS) is 53.1. The van der Waals surface area contributed by atoms with Crippen LogP contribution in [0, 0.1) is 11.3 Å². The van der Waals surface area contributed by atoms with Crippen LogP contribution in [0.25, 0.3) is 0 Å².